The number of benzene rings is 1. The molecule has 0 unspecified atom stereocenters. The van der Waals surface area contributed by atoms with Crippen molar-refractivity contribution in [3.05, 3.63) is 35.9 Å². The van der Waals surface area contributed by atoms with Crippen LogP contribution in [0.4, 0.5) is 0 Å². The van der Waals surface area contributed by atoms with Gasteiger partial charge in [0.1, 0.15) is 0 Å². The average molecular weight is 312 g/mol. The molecular weight excluding hydrogens is 288 g/mol. The molecule has 21 heavy (non-hydrogen) atoms. The number of hydrogen-bond acceptors (Lipinski definition) is 4. The number of rotatable bonds is 7. The van der Waals surface area contributed by atoms with Crippen molar-refractivity contribution in [3.63, 3.8) is 0 Å². The van der Waals surface area contributed by atoms with Crippen LogP contribution >= 0.6 is 0 Å². The Balaban J connectivity index is 1.77. The Kier molecular flexibility index (Phi) is 6.17. The van der Waals surface area contributed by atoms with E-state index in [9.17, 15) is 8.42 Å². The second-order valence-electron chi connectivity index (χ2n) is 5.58. The molecule has 2 N–H and O–H groups in total. The van der Waals surface area contributed by atoms with E-state index in [0.717, 1.165) is 19.3 Å². The van der Waals surface area contributed by atoms with Crippen LogP contribution < -0.4 is 5.90 Å². The van der Waals surface area contributed by atoms with Crippen molar-refractivity contribution >= 4 is 10.0 Å². The molecule has 0 bridgehead atoms. The fraction of sp³-hybridized carbons (Fsp3) is 0.600. The second-order valence-corrected chi connectivity index (χ2v) is 7.67. The minimum absolute atomic E-state index is 0.222. The van der Waals surface area contributed by atoms with E-state index in [1.165, 1.54) is 5.56 Å². The van der Waals surface area contributed by atoms with Crippen LogP contribution in [0.15, 0.2) is 30.3 Å². The van der Waals surface area contributed by atoms with Gasteiger partial charge in [0.15, 0.2) is 0 Å². The number of aryl methyl sites for hydroxylation is 1. The maximum atomic E-state index is 12.3. The van der Waals surface area contributed by atoms with Gasteiger partial charge in [-0.2, -0.15) is 0 Å². The van der Waals surface area contributed by atoms with Gasteiger partial charge in [-0.25, -0.2) is 18.6 Å². The molecule has 118 valence electrons. The van der Waals surface area contributed by atoms with Gasteiger partial charge < -0.3 is 4.84 Å². The summed E-state index contributed by atoms with van der Waals surface area (Å²) in [4.78, 5) is 4.65. The zero-order chi connectivity index (χ0) is 15.1. The van der Waals surface area contributed by atoms with E-state index in [-0.39, 0.29) is 5.75 Å². The Morgan fingerprint density at radius 1 is 1.19 bits per heavy atom. The van der Waals surface area contributed by atoms with Crippen LogP contribution in [-0.4, -0.2) is 38.2 Å². The summed E-state index contributed by atoms with van der Waals surface area (Å²) >= 11 is 0. The van der Waals surface area contributed by atoms with Gasteiger partial charge in [-0.1, -0.05) is 30.3 Å². The van der Waals surface area contributed by atoms with E-state index in [0.29, 0.717) is 32.0 Å². The van der Waals surface area contributed by atoms with Crippen LogP contribution in [0.5, 0.6) is 0 Å². The number of nitrogens with zero attached hydrogens (tertiary/aromatic N) is 1. The van der Waals surface area contributed by atoms with Crippen LogP contribution in [0.2, 0.25) is 0 Å². The van der Waals surface area contributed by atoms with Gasteiger partial charge in [0.05, 0.1) is 12.4 Å². The highest BCUT2D eigenvalue weighted by molar-refractivity contribution is 7.89. The van der Waals surface area contributed by atoms with Crippen molar-refractivity contribution < 1.29 is 13.3 Å². The monoisotopic (exact) mass is 312 g/mol. The molecule has 1 saturated heterocycles. The Labute approximate surface area is 127 Å². The standard InChI is InChI=1S/C15H24N2O3S/c16-20-13-15-8-10-17(11-9-15)21(18,19)12-4-7-14-5-2-1-3-6-14/h1-3,5-6,15H,4,7-13,16H2. The molecule has 2 rings (SSSR count). The van der Waals surface area contributed by atoms with E-state index >= 15 is 0 Å². The molecule has 0 aliphatic carbocycles. The number of sulfonamides is 1. The molecule has 1 aromatic rings. The maximum absolute atomic E-state index is 12.3. The largest absolute Gasteiger partial charge is 0.304 e. The molecule has 1 aromatic carbocycles. The molecule has 6 heteroatoms. The van der Waals surface area contributed by atoms with Gasteiger partial charge in [0.25, 0.3) is 0 Å². The lowest BCUT2D eigenvalue weighted by Gasteiger charge is -2.30. The first-order valence-electron chi connectivity index (χ1n) is 7.45. The molecule has 0 saturated carbocycles. The van der Waals surface area contributed by atoms with Gasteiger partial charge in [-0.05, 0) is 37.2 Å². The smallest absolute Gasteiger partial charge is 0.214 e. The zero-order valence-electron chi connectivity index (χ0n) is 12.3. The third-order valence-electron chi connectivity index (χ3n) is 4.01. The molecule has 1 aliphatic rings. The van der Waals surface area contributed by atoms with E-state index in [1.54, 1.807) is 4.31 Å². The summed E-state index contributed by atoms with van der Waals surface area (Å²) in [5, 5.41) is 0. The summed E-state index contributed by atoms with van der Waals surface area (Å²) < 4.78 is 26.2. The van der Waals surface area contributed by atoms with Crippen molar-refractivity contribution in [1.29, 1.82) is 0 Å². The Morgan fingerprint density at radius 3 is 2.48 bits per heavy atom. The lowest BCUT2D eigenvalue weighted by atomic mass is 9.99. The fourth-order valence-electron chi connectivity index (χ4n) is 2.72. The van der Waals surface area contributed by atoms with Crippen molar-refractivity contribution in [2.45, 2.75) is 25.7 Å². The number of hydrogen-bond donors (Lipinski definition) is 1. The van der Waals surface area contributed by atoms with Crippen molar-refractivity contribution in [1.82, 2.24) is 4.31 Å². The van der Waals surface area contributed by atoms with Crippen LogP contribution in [0.25, 0.3) is 0 Å². The SMILES string of the molecule is NOCC1CCN(S(=O)(=O)CCCc2ccccc2)CC1. The summed E-state index contributed by atoms with van der Waals surface area (Å²) in [6.45, 7) is 1.69. The zero-order valence-corrected chi connectivity index (χ0v) is 13.1. The van der Waals surface area contributed by atoms with E-state index in [2.05, 4.69) is 4.84 Å². The third-order valence-corrected chi connectivity index (χ3v) is 5.97. The molecule has 0 radical (unpaired) electrons. The number of piperidine rings is 1. The summed E-state index contributed by atoms with van der Waals surface area (Å²) in [6.07, 6.45) is 3.12. The molecule has 1 fully saturated rings. The molecule has 0 amide bonds. The predicted molar refractivity (Wildman–Crippen MR) is 83.0 cm³/mol. The first kappa shape index (κ1) is 16.4. The van der Waals surface area contributed by atoms with Gasteiger partial charge in [-0.3, -0.25) is 0 Å². The fourth-order valence-corrected chi connectivity index (χ4v) is 4.26. The van der Waals surface area contributed by atoms with Crippen LogP contribution in [0, 0.1) is 5.92 Å². The third kappa shape index (κ3) is 5.07. The van der Waals surface area contributed by atoms with E-state index in [1.807, 2.05) is 30.3 Å². The highest BCUT2D eigenvalue weighted by Gasteiger charge is 2.27. The second kappa shape index (κ2) is 7.89. The van der Waals surface area contributed by atoms with Gasteiger partial charge in [-0.15, -0.1) is 0 Å². The highest BCUT2D eigenvalue weighted by Crippen LogP contribution is 2.20. The quantitative estimate of drug-likeness (QED) is 0.775. The summed E-state index contributed by atoms with van der Waals surface area (Å²) in [5.74, 6) is 5.67. The van der Waals surface area contributed by atoms with E-state index < -0.39 is 10.0 Å². The van der Waals surface area contributed by atoms with Crippen molar-refractivity contribution in [3.8, 4) is 0 Å². The van der Waals surface area contributed by atoms with Gasteiger partial charge in [0, 0.05) is 13.1 Å². The topological polar surface area (TPSA) is 72.6 Å². The molecule has 0 atom stereocenters. The summed E-state index contributed by atoms with van der Waals surface area (Å²) in [7, 11) is -3.13. The molecular formula is C15H24N2O3S. The molecule has 1 aliphatic heterocycles. The Hall–Kier alpha value is -0.950. The van der Waals surface area contributed by atoms with Crippen molar-refractivity contribution in [2.24, 2.45) is 11.8 Å². The highest BCUT2D eigenvalue weighted by atomic mass is 32.2. The van der Waals surface area contributed by atoms with Gasteiger partial charge in [0.2, 0.25) is 10.0 Å². The van der Waals surface area contributed by atoms with Crippen LogP contribution in [0.3, 0.4) is 0 Å². The summed E-state index contributed by atoms with van der Waals surface area (Å²) in [6, 6.07) is 9.99. The molecule has 0 spiro atoms. The Morgan fingerprint density at radius 2 is 1.86 bits per heavy atom. The average Bonchev–Trinajstić information content (AvgIpc) is 2.49. The van der Waals surface area contributed by atoms with Crippen LogP contribution in [0.1, 0.15) is 24.8 Å². The Bertz CT molecular complexity index is 511. The lowest BCUT2D eigenvalue weighted by molar-refractivity contribution is 0.0805. The maximum Gasteiger partial charge on any atom is 0.214 e. The van der Waals surface area contributed by atoms with Crippen LogP contribution in [-0.2, 0) is 21.3 Å². The predicted octanol–water partition coefficient (Wildman–Crippen LogP) is 1.55. The normalized spacial score (nSPS) is 18.0. The summed E-state index contributed by atoms with van der Waals surface area (Å²) in [5.41, 5.74) is 1.19. The molecule has 0 aromatic heterocycles. The molecule has 5 nitrogen and oxygen atoms in total. The van der Waals surface area contributed by atoms with E-state index in [4.69, 9.17) is 5.90 Å². The minimum Gasteiger partial charge on any atom is -0.304 e. The first-order chi connectivity index (χ1) is 10.1. The lowest BCUT2D eigenvalue weighted by Crippen LogP contribution is -2.40. The minimum atomic E-state index is -3.13. The first-order valence-corrected chi connectivity index (χ1v) is 9.06. The number of nitrogens with two attached hydrogens (primary N) is 1. The van der Waals surface area contributed by atoms with Crippen molar-refractivity contribution in [2.75, 3.05) is 25.4 Å². The molecule has 1 heterocycles. The van der Waals surface area contributed by atoms with Gasteiger partial charge >= 0.3 is 0 Å².